The molecule has 130 valence electrons. The zero-order valence-corrected chi connectivity index (χ0v) is 15.4. The standard InChI is InChI=1S/C19H21N3O2S/c1-4-15-9-16-18(25-15)20-11-22(19(16)24)10-17(23)21-14-7-5-13(6-8-14)12(2)3/h5-9,11-12H,4,10H2,1-3H3,(H,21,23). The number of aryl methyl sites for hydroxylation is 1. The number of carbonyl (C=O) groups excluding carboxylic acids is 1. The molecule has 3 rings (SSSR count). The maximum absolute atomic E-state index is 12.5. The molecule has 25 heavy (non-hydrogen) atoms. The number of hydrogen-bond acceptors (Lipinski definition) is 4. The molecule has 2 heterocycles. The molecule has 0 aliphatic rings. The van der Waals surface area contributed by atoms with Gasteiger partial charge in [0.1, 0.15) is 11.4 Å². The Bertz CT molecular complexity index is 955. The van der Waals surface area contributed by atoms with E-state index in [4.69, 9.17) is 0 Å². The van der Waals surface area contributed by atoms with Crippen LogP contribution in [0.25, 0.3) is 10.2 Å². The van der Waals surface area contributed by atoms with E-state index in [1.54, 1.807) is 0 Å². The van der Waals surface area contributed by atoms with Crippen molar-refractivity contribution in [1.82, 2.24) is 9.55 Å². The molecule has 0 aliphatic heterocycles. The first-order valence-electron chi connectivity index (χ1n) is 8.35. The fraction of sp³-hybridized carbons (Fsp3) is 0.316. The van der Waals surface area contributed by atoms with Gasteiger partial charge in [0.05, 0.1) is 11.7 Å². The van der Waals surface area contributed by atoms with Crippen molar-refractivity contribution in [3.05, 3.63) is 57.5 Å². The molecule has 1 amide bonds. The molecule has 0 atom stereocenters. The minimum atomic E-state index is -0.244. The van der Waals surface area contributed by atoms with Crippen LogP contribution in [0.5, 0.6) is 0 Å². The number of nitrogens with one attached hydrogen (secondary N) is 1. The third-order valence-corrected chi connectivity index (χ3v) is 5.28. The lowest BCUT2D eigenvalue weighted by molar-refractivity contribution is -0.116. The highest BCUT2D eigenvalue weighted by Crippen LogP contribution is 2.21. The van der Waals surface area contributed by atoms with E-state index in [9.17, 15) is 9.59 Å². The number of thiophene rings is 1. The Kier molecular flexibility index (Phi) is 4.99. The number of nitrogens with zero attached hydrogens (tertiary/aromatic N) is 2. The minimum absolute atomic E-state index is 0.0506. The van der Waals surface area contributed by atoms with Crippen molar-refractivity contribution in [1.29, 1.82) is 0 Å². The van der Waals surface area contributed by atoms with Gasteiger partial charge in [0, 0.05) is 10.6 Å². The second-order valence-electron chi connectivity index (χ2n) is 6.29. The van der Waals surface area contributed by atoms with Crippen LogP contribution in [0, 0.1) is 0 Å². The first-order valence-corrected chi connectivity index (χ1v) is 9.17. The van der Waals surface area contributed by atoms with Crippen molar-refractivity contribution in [2.45, 2.75) is 39.7 Å². The summed E-state index contributed by atoms with van der Waals surface area (Å²) in [6, 6.07) is 9.62. The monoisotopic (exact) mass is 355 g/mol. The highest BCUT2D eigenvalue weighted by Gasteiger charge is 2.11. The van der Waals surface area contributed by atoms with Gasteiger partial charge in [-0.05, 0) is 36.1 Å². The Morgan fingerprint density at radius 2 is 2.00 bits per heavy atom. The van der Waals surface area contributed by atoms with Gasteiger partial charge < -0.3 is 5.32 Å². The van der Waals surface area contributed by atoms with E-state index in [0.29, 0.717) is 11.3 Å². The number of benzene rings is 1. The predicted octanol–water partition coefficient (Wildman–Crippen LogP) is 3.78. The molecule has 0 radical (unpaired) electrons. The molecular weight excluding hydrogens is 334 g/mol. The van der Waals surface area contributed by atoms with Crippen LogP contribution in [-0.4, -0.2) is 15.5 Å². The maximum atomic E-state index is 12.5. The van der Waals surface area contributed by atoms with Crippen molar-refractivity contribution >= 4 is 33.1 Å². The largest absolute Gasteiger partial charge is 0.325 e. The molecular formula is C19H21N3O2S. The number of fused-ring (bicyclic) bond motifs is 1. The smallest absolute Gasteiger partial charge is 0.262 e. The van der Waals surface area contributed by atoms with E-state index in [1.165, 1.54) is 27.8 Å². The lowest BCUT2D eigenvalue weighted by Crippen LogP contribution is -2.27. The van der Waals surface area contributed by atoms with E-state index < -0.39 is 0 Å². The number of amides is 1. The highest BCUT2D eigenvalue weighted by atomic mass is 32.1. The van der Waals surface area contributed by atoms with Crippen LogP contribution in [0.3, 0.4) is 0 Å². The van der Waals surface area contributed by atoms with Crippen molar-refractivity contribution in [2.24, 2.45) is 0 Å². The van der Waals surface area contributed by atoms with Crippen LogP contribution in [-0.2, 0) is 17.8 Å². The van der Waals surface area contributed by atoms with Gasteiger partial charge in [-0.25, -0.2) is 4.98 Å². The lowest BCUT2D eigenvalue weighted by Gasteiger charge is -2.09. The van der Waals surface area contributed by atoms with Crippen molar-refractivity contribution in [2.75, 3.05) is 5.32 Å². The summed E-state index contributed by atoms with van der Waals surface area (Å²) in [6.07, 6.45) is 2.31. The molecule has 5 nitrogen and oxygen atoms in total. The molecule has 0 saturated heterocycles. The van der Waals surface area contributed by atoms with Crippen LogP contribution in [0.1, 0.15) is 37.1 Å². The summed E-state index contributed by atoms with van der Waals surface area (Å²) in [5, 5.41) is 3.41. The van der Waals surface area contributed by atoms with E-state index in [0.717, 1.165) is 21.8 Å². The number of anilines is 1. The van der Waals surface area contributed by atoms with Crippen LogP contribution >= 0.6 is 11.3 Å². The average molecular weight is 355 g/mol. The summed E-state index contributed by atoms with van der Waals surface area (Å²) in [4.78, 5) is 30.9. The van der Waals surface area contributed by atoms with Gasteiger partial charge >= 0.3 is 0 Å². The number of rotatable bonds is 5. The highest BCUT2D eigenvalue weighted by molar-refractivity contribution is 7.18. The molecule has 2 aromatic heterocycles. The lowest BCUT2D eigenvalue weighted by atomic mass is 10.0. The van der Waals surface area contributed by atoms with Crippen LogP contribution < -0.4 is 10.9 Å². The van der Waals surface area contributed by atoms with E-state index in [2.05, 4.69) is 24.1 Å². The molecule has 0 aliphatic carbocycles. The van der Waals surface area contributed by atoms with E-state index in [-0.39, 0.29) is 18.0 Å². The Morgan fingerprint density at radius 1 is 1.28 bits per heavy atom. The van der Waals surface area contributed by atoms with Gasteiger partial charge in [0.25, 0.3) is 5.56 Å². The van der Waals surface area contributed by atoms with Gasteiger partial charge in [0.2, 0.25) is 5.91 Å². The third kappa shape index (κ3) is 3.79. The first kappa shape index (κ1) is 17.4. The van der Waals surface area contributed by atoms with Gasteiger partial charge in [-0.1, -0.05) is 32.9 Å². The zero-order valence-electron chi connectivity index (χ0n) is 14.6. The third-order valence-electron chi connectivity index (χ3n) is 4.09. The van der Waals surface area contributed by atoms with E-state index >= 15 is 0 Å². The summed E-state index contributed by atoms with van der Waals surface area (Å²) < 4.78 is 1.35. The minimum Gasteiger partial charge on any atom is -0.325 e. The normalized spacial score (nSPS) is 11.2. The summed E-state index contributed by atoms with van der Waals surface area (Å²) in [5.74, 6) is 0.200. The SMILES string of the molecule is CCc1cc2c(=O)n(CC(=O)Nc3ccc(C(C)C)cc3)cnc2s1. The number of hydrogen-bond donors (Lipinski definition) is 1. The Balaban J connectivity index is 1.75. The summed E-state index contributed by atoms with van der Waals surface area (Å²) >= 11 is 1.52. The fourth-order valence-corrected chi connectivity index (χ4v) is 3.53. The second kappa shape index (κ2) is 7.19. The number of carbonyl (C=O) groups is 1. The van der Waals surface area contributed by atoms with Crippen molar-refractivity contribution in [3.8, 4) is 0 Å². The quantitative estimate of drug-likeness (QED) is 0.757. The fourth-order valence-electron chi connectivity index (χ4n) is 2.60. The Hall–Kier alpha value is -2.47. The van der Waals surface area contributed by atoms with Gasteiger partial charge in [-0.3, -0.25) is 14.2 Å². The van der Waals surface area contributed by atoms with Gasteiger partial charge in [-0.15, -0.1) is 11.3 Å². The molecule has 0 fully saturated rings. The molecule has 0 saturated carbocycles. The Morgan fingerprint density at radius 3 is 2.64 bits per heavy atom. The van der Waals surface area contributed by atoms with Crippen LogP contribution in [0.15, 0.2) is 41.5 Å². The second-order valence-corrected chi connectivity index (χ2v) is 7.40. The Labute approximate surface area is 150 Å². The molecule has 1 aromatic carbocycles. The molecule has 1 N–H and O–H groups in total. The molecule has 6 heteroatoms. The topological polar surface area (TPSA) is 64.0 Å². The first-order chi connectivity index (χ1) is 12.0. The van der Waals surface area contributed by atoms with Crippen LogP contribution in [0.4, 0.5) is 5.69 Å². The summed E-state index contributed by atoms with van der Waals surface area (Å²) in [7, 11) is 0. The molecule has 3 aromatic rings. The van der Waals surface area contributed by atoms with Gasteiger partial charge in [0.15, 0.2) is 0 Å². The van der Waals surface area contributed by atoms with Crippen molar-refractivity contribution < 1.29 is 4.79 Å². The van der Waals surface area contributed by atoms with Crippen LogP contribution in [0.2, 0.25) is 0 Å². The maximum Gasteiger partial charge on any atom is 0.262 e. The molecule has 0 spiro atoms. The average Bonchev–Trinajstić information content (AvgIpc) is 3.02. The summed E-state index contributed by atoms with van der Waals surface area (Å²) in [6.45, 7) is 6.24. The zero-order chi connectivity index (χ0) is 18.0. The summed E-state index contributed by atoms with van der Waals surface area (Å²) in [5.41, 5.74) is 1.76. The van der Waals surface area contributed by atoms with Gasteiger partial charge in [-0.2, -0.15) is 0 Å². The number of aromatic nitrogens is 2. The van der Waals surface area contributed by atoms with Crippen molar-refractivity contribution in [3.63, 3.8) is 0 Å². The molecule has 0 bridgehead atoms. The van der Waals surface area contributed by atoms with E-state index in [1.807, 2.05) is 37.3 Å². The molecule has 0 unspecified atom stereocenters. The predicted molar refractivity (Wildman–Crippen MR) is 102 cm³/mol.